The average Bonchev–Trinajstić information content (AvgIpc) is 3.55. The highest BCUT2D eigenvalue weighted by atomic mass is 32.1. The van der Waals surface area contributed by atoms with E-state index in [1.165, 1.54) is 18.1 Å². The molecule has 0 aliphatic carbocycles. The van der Waals surface area contributed by atoms with E-state index in [0.717, 1.165) is 11.3 Å². The molecule has 10 nitrogen and oxygen atoms in total. The van der Waals surface area contributed by atoms with Crippen molar-refractivity contribution in [3.05, 3.63) is 69.3 Å². The zero-order valence-corrected chi connectivity index (χ0v) is 21.8. The van der Waals surface area contributed by atoms with Crippen LogP contribution in [0.5, 0.6) is 11.5 Å². The maximum Gasteiger partial charge on any atom is 0.350 e. The number of benzene rings is 1. The van der Waals surface area contributed by atoms with Crippen molar-refractivity contribution in [2.45, 2.75) is 33.7 Å². The van der Waals surface area contributed by atoms with E-state index < -0.39 is 29.5 Å². The molecule has 0 saturated heterocycles. The number of aliphatic hydroxyl groups excluding tert-OH is 1. The number of carbonyl (C=O) groups is 3. The molecule has 0 spiro atoms. The summed E-state index contributed by atoms with van der Waals surface area (Å²) in [5.41, 5.74) is 0.628. The average molecular weight is 527 g/mol. The quantitative estimate of drug-likeness (QED) is 0.311. The number of nitrogens with zero attached hydrogens (tertiary/aromatic N) is 2. The van der Waals surface area contributed by atoms with Gasteiger partial charge in [0.1, 0.15) is 10.6 Å². The molecule has 1 unspecified atom stereocenters. The summed E-state index contributed by atoms with van der Waals surface area (Å²) in [7, 11) is 1.25. The van der Waals surface area contributed by atoms with Crippen molar-refractivity contribution >= 4 is 34.1 Å². The van der Waals surface area contributed by atoms with Gasteiger partial charge in [-0.25, -0.2) is 9.78 Å². The van der Waals surface area contributed by atoms with Gasteiger partial charge in [-0.15, -0.1) is 0 Å². The standard InChI is InChI=1S/C26H26N2O8S/c1-6-34-16-11-9-15(12-18(16)35-7-2)20-19(21(29)17-10-8-13(3)36-17)22(30)24(31)28(20)26-27-14(4)23(37-26)25(32)33-5/h8-12,20,30H,6-7H2,1-5H3. The van der Waals surface area contributed by atoms with E-state index >= 15 is 0 Å². The van der Waals surface area contributed by atoms with Crippen molar-refractivity contribution in [2.75, 3.05) is 25.2 Å². The molecule has 1 aromatic carbocycles. The fourth-order valence-electron chi connectivity index (χ4n) is 4.04. The van der Waals surface area contributed by atoms with Gasteiger partial charge in [-0.1, -0.05) is 17.4 Å². The first-order valence-corrected chi connectivity index (χ1v) is 12.4. The van der Waals surface area contributed by atoms with Gasteiger partial charge in [-0.3, -0.25) is 14.5 Å². The molecule has 4 rings (SSSR count). The molecule has 0 bridgehead atoms. The van der Waals surface area contributed by atoms with E-state index in [4.69, 9.17) is 18.6 Å². The maximum absolute atomic E-state index is 13.5. The van der Waals surface area contributed by atoms with Crippen LogP contribution < -0.4 is 14.4 Å². The number of rotatable bonds is 9. The zero-order chi connectivity index (χ0) is 26.9. The van der Waals surface area contributed by atoms with Gasteiger partial charge in [0.2, 0.25) is 5.78 Å². The Hall–Kier alpha value is -4.12. The minimum absolute atomic E-state index is 0.0276. The maximum atomic E-state index is 13.5. The van der Waals surface area contributed by atoms with Crippen LogP contribution in [0.4, 0.5) is 5.13 Å². The first-order chi connectivity index (χ1) is 17.7. The Labute approximate surface area is 217 Å². The fourth-order valence-corrected chi connectivity index (χ4v) is 5.06. The molecule has 1 aliphatic heterocycles. The lowest BCUT2D eigenvalue weighted by molar-refractivity contribution is -0.117. The number of furan rings is 1. The molecule has 0 saturated carbocycles. The molecule has 194 valence electrons. The largest absolute Gasteiger partial charge is 0.503 e. The summed E-state index contributed by atoms with van der Waals surface area (Å²) in [5, 5.41) is 11.1. The van der Waals surface area contributed by atoms with Crippen LogP contribution in [0.25, 0.3) is 0 Å². The van der Waals surface area contributed by atoms with Gasteiger partial charge in [0.15, 0.2) is 28.1 Å². The van der Waals surface area contributed by atoms with Gasteiger partial charge >= 0.3 is 5.97 Å². The lowest BCUT2D eigenvalue weighted by Crippen LogP contribution is -2.31. The van der Waals surface area contributed by atoms with Crippen LogP contribution in [-0.2, 0) is 9.53 Å². The first kappa shape index (κ1) is 26.0. The monoisotopic (exact) mass is 526 g/mol. The molecular weight excluding hydrogens is 500 g/mol. The lowest BCUT2D eigenvalue weighted by Gasteiger charge is -2.25. The number of methoxy groups -OCH3 is 1. The van der Waals surface area contributed by atoms with Crippen LogP contribution in [0.2, 0.25) is 0 Å². The highest BCUT2D eigenvalue weighted by Crippen LogP contribution is 2.45. The second-order valence-corrected chi connectivity index (χ2v) is 9.03. The zero-order valence-electron chi connectivity index (χ0n) is 21.0. The minimum atomic E-state index is -1.09. The van der Waals surface area contributed by atoms with Crippen LogP contribution in [0.1, 0.15) is 57.1 Å². The fraction of sp³-hybridized carbons (Fsp3) is 0.308. The number of anilines is 1. The highest BCUT2D eigenvalue weighted by Gasteiger charge is 2.47. The normalized spacial score (nSPS) is 15.3. The topological polar surface area (TPSA) is 128 Å². The number of carbonyl (C=O) groups excluding carboxylic acids is 3. The minimum Gasteiger partial charge on any atom is -0.503 e. The molecule has 37 heavy (non-hydrogen) atoms. The van der Waals surface area contributed by atoms with Crippen LogP contribution in [0.3, 0.4) is 0 Å². The summed E-state index contributed by atoms with van der Waals surface area (Å²) in [6.45, 7) is 7.71. The van der Waals surface area contributed by atoms with E-state index in [1.54, 1.807) is 38.1 Å². The molecule has 0 fully saturated rings. The van der Waals surface area contributed by atoms with Crippen LogP contribution >= 0.6 is 11.3 Å². The van der Waals surface area contributed by atoms with Crippen molar-refractivity contribution in [1.82, 2.24) is 4.98 Å². The smallest absolute Gasteiger partial charge is 0.350 e. The number of ether oxygens (including phenoxy) is 3. The van der Waals surface area contributed by atoms with Crippen LogP contribution in [-0.4, -0.2) is 48.1 Å². The molecular formula is C26H26N2O8S. The number of ketones is 1. The number of esters is 1. The molecule has 1 aliphatic rings. The number of aryl methyl sites for hydroxylation is 2. The van der Waals surface area contributed by atoms with Gasteiger partial charge in [-0.2, -0.15) is 0 Å². The predicted molar refractivity (Wildman–Crippen MR) is 135 cm³/mol. The Morgan fingerprint density at radius 1 is 1.11 bits per heavy atom. The SMILES string of the molecule is CCOc1ccc(C2C(C(=O)c3ccc(C)o3)=C(O)C(=O)N2c2nc(C)c(C(=O)OC)s2)cc1OCC. The van der Waals surface area contributed by atoms with Crippen molar-refractivity contribution < 1.29 is 38.1 Å². The summed E-state index contributed by atoms with van der Waals surface area (Å²) < 4.78 is 21.7. The van der Waals surface area contributed by atoms with Crippen molar-refractivity contribution in [1.29, 1.82) is 0 Å². The van der Waals surface area contributed by atoms with E-state index in [-0.39, 0.29) is 21.3 Å². The molecule has 2 aromatic heterocycles. The Morgan fingerprint density at radius 3 is 2.43 bits per heavy atom. The lowest BCUT2D eigenvalue weighted by atomic mass is 9.95. The molecule has 1 N–H and O–H groups in total. The van der Waals surface area contributed by atoms with Gasteiger partial charge in [0.05, 0.1) is 37.6 Å². The third-order valence-corrected chi connectivity index (χ3v) is 6.80. The Balaban J connectivity index is 1.90. The summed E-state index contributed by atoms with van der Waals surface area (Å²) in [6.07, 6.45) is 0. The van der Waals surface area contributed by atoms with Crippen molar-refractivity contribution in [2.24, 2.45) is 0 Å². The van der Waals surface area contributed by atoms with Crippen LogP contribution in [0, 0.1) is 13.8 Å². The number of amides is 1. The number of hydrogen-bond acceptors (Lipinski definition) is 10. The van der Waals surface area contributed by atoms with E-state index in [9.17, 15) is 19.5 Å². The molecule has 11 heteroatoms. The first-order valence-electron chi connectivity index (χ1n) is 11.5. The Kier molecular flexibility index (Phi) is 7.35. The summed E-state index contributed by atoms with van der Waals surface area (Å²) in [6, 6.07) is 7.02. The summed E-state index contributed by atoms with van der Waals surface area (Å²) >= 11 is 0.924. The molecule has 0 radical (unpaired) electrons. The van der Waals surface area contributed by atoms with Gasteiger partial charge < -0.3 is 23.7 Å². The molecule has 3 aromatic rings. The number of aliphatic hydroxyl groups is 1. The second kappa shape index (κ2) is 10.5. The Bertz CT molecular complexity index is 1400. The van der Waals surface area contributed by atoms with E-state index in [0.29, 0.717) is 41.7 Å². The van der Waals surface area contributed by atoms with Gasteiger partial charge in [0.25, 0.3) is 5.91 Å². The van der Waals surface area contributed by atoms with Gasteiger partial charge in [-0.05, 0) is 57.5 Å². The van der Waals surface area contributed by atoms with E-state index in [1.807, 2.05) is 13.8 Å². The summed E-state index contributed by atoms with van der Waals surface area (Å²) in [5.74, 6) is -1.46. The predicted octanol–water partition coefficient (Wildman–Crippen LogP) is 4.72. The van der Waals surface area contributed by atoms with Gasteiger partial charge in [0, 0.05) is 0 Å². The highest BCUT2D eigenvalue weighted by molar-refractivity contribution is 7.17. The third kappa shape index (κ3) is 4.69. The van der Waals surface area contributed by atoms with Crippen molar-refractivity contribution in [3.63, 3.8) is 0 Å². The Morgan fingerprint density at radius 2 is 1.81 bits per heavy atom. The summed E-state index contributed by atoms with van der Waals surface area (Å²) in [4.78, 5) is 45.0. The third-order valence-electron chi connectivity index (χ3n) is 5.66. The number of aromatic nitrogens is 1. The van der Waals surface area contributed by atoms with Crippen LogP contribution in [0.15, 0.2) is 46.1 Å². The van der Waals surface area contributed by atoms with E-state index in [2.05, 4.69) is 4.98 Å². The molecule has 3 heterocycles. The number of hydrogen-bond donors (Lipinski definition) is 1. The molecule has 1 amide bonds. The van der Waals surface area contributed by atoms with Crippen molar-refractivity contribution in [3.8, 4) is 11.5 Å². The number of thiazole rings is 1. The molecule has 1 atom stereocenters. The number of Topliss-reactive ketones (excluding diaryl/α,β-unsaturated/α-hetero) is 1. The second-order valence-electron chi connectivity index (χ2n) is 8.05.